The van der Waals surface area contributed by atoms with E-state index in [9.17, 15) is 18.0 Å². The minimum absolute atomic E-state index is 0.0309. The van der Waals surface area contributed by atoms with E-state index in [1.165, 1.54) is 0 Å². The highest BCUT2D eigenvalue weighted by Gasteiger charge is 2.35. The van der Waals surface area contributed by atoms with Crippen LogP contribution in [0.2, 0.25) is 0 Å². The van der Waals surface area contributed by atoms with Gasteiger partial charge in [-0.05, 0) is 37.7 Å². The standard InChI is InChI=1S/C22H24N4O4S/c1-25(13-20-23-19-10-6-5-9-18(19)22(28)24-20)14-21(27)26(16-7-3-2-4-8-16)17-11-12-31(29,30)15-17/h2-10,17H,11-15H2,1H3,(H,23,24,28)/t17-/m1/s1. The number of carbonyl (C=O) groups excluding carboxylic acids is 1. The van der Waals surface area contributed by atoms with Gasteiger partial charge in [0.2, 0.25) is 5.91 Å². The van der Waals surface area contributed by atoms with Gasteiger partial charge in [-0.15, -0.1) is 0 Å². The predicted molar refractivity (Wildman–Crippen MR) is 120 cm³/mol. The molecule has 1 atom stereocenters. The number of aromatic amines is 1. The van der Waals surface area contributed by atoms with Crippen LogP contribution >= 0.6 is 0 Å². The molecule has 3 aromatic rings. The summed E-state index contributed by atoms with van der Waals surface area (Å²) in [5.41, 5.74) is 1.06. The normalized spacial score (nSPS) is 17.8. The molecule has 2 aromatic carbocycles. The van der Waals surface area contributed by atoms with E-state index in [-0.39, 0.29) is 42.1 Å². The average Bonchev–Trinajstić information content (AvgIpc) is 3.08. The summed E-state index contributed by atoms with van der Waals surface area (Å²) in [5, 5.41) is 0.516. The third kappa shape index (κ3) is 4.83. The number of anilines is 1. The van der Waals surface area contributed by atoms with Crippen molar-refractivity contribution < 1.29 is 13.2 Å². The molecule has 1 N–H and O–H groups in total. The number of benzene rings is 2. The number of likely N-dealkylation sites (N-methyl/N-ethyl adjacent to an activating group) is 1. The van der Waals surface area contributed by atoms with Crippen LogP contribution in [-0.2, 0) is 21.2 Å². The van der Waals surface area contributed by atoms with E-state index < -0.39 is 9.84 Å². The van der Waals surface area contributed by atoms with Gasteiger partial charge in [0.15, 0.2) is 9.84 Å². The quantitative estimate of drug-likeness (QED) is 0.624. The third-order valence-electron chi connectivity index (χ3n) is 5.36. The second-order valence-electron chi connectivity index (χ2n) is 7.86. The minimum atomic E-state index is -3.14. The van der Waals surface area contributed by atoms with Gasteiger partial charge >= 0.3 is 0 Å². The van der Waals surface area contributed by atoms with E-state index in [1.54, 1.807) is 35.0 Å². The first-order valence-corrected chi connectivity index (χ1v) is 11.9. The SMILES string of the molecule is CN(CC(=O)N(c1ccccc1)[C@@H]1CCS(=O)(=O)C1)Cc1nc2ccccc2c(=O)[nH]1. The van der Waals surface area contributed by atoms with Crippen molar-refractivity contribution in [3.63, 3.8) is 0 Å². The molecule has 1 fully saturated rings. The molecule has 0 saturated carbocycles. The lowest BCUT2D eigenvalue weighted by Gasteiger charge is -2.30. The van der Waals surface area contributed by atoms with Crippen LogP contribution in [0.5, 0.6) is 0 Å². The summed E-state index contributed by atoms with van der Waals surface area (Å²) in [7, 11) is -1.38. The molecule has 0 radical (unpaired) electrons. The van der Waals surface area contributed by atoms with Gasteiger partial charge in [-0.2, -0.15) is 0 Å². The Balaban J connectivity index is 1.52. The Bertz CT molecular complexity index is 1260. The molecule has 1 aliphatic heterocycles. The van der Waals surface area contributed by atoms with Crippen molar-refractivity contribution in [2.24, 2.45) is 0 Å². The zero-order chi connectivity index (χ0) is 22.0. The Morgan fingerprint density at radius 2 is 1.84 bits per heavy atom. The fraction of sp³-hybridized carbons (Fsp3) is 0.318. The second kappa shape index (κ2) is 8.60. The Kier molecular flexibility index (Phi) is 5.88. The molecule has 0 unspecified atom stereocenters. The summed E-state index contributed by atoms with van der Waals surface area (Å²) in [4.78, 5) is 36.1. The van der Waals surface area contributed by atoms with Crippen molar-refractivity contribution in [2.45, 2.75) is 19.0 Å². The monoisotopic (exact) mass is 440 g/mol. The Morgan fingerprint density at radius 3 is 2.55 bits per heavy atom. The number of nitrogens with one attached hydrogen (secondary N) is 1. The molecule has 0 bridgehead atoms. The van der Waals surface area contributed by atoms with Crippen molar-refractivity contribution >= 4 is 32.3 Å². The van der Waals surface area contributed by atoms with Gasteiger partial charge < -0.3 is 9.88 Å². The first-order valence-electron chi connectivity index (χ1n) is 10.1. The maximum absolute atomic E-state index is 13.2. The molecule has 1 saturated heterocycles. The van der Waals surface area contributed by atoms with Crippen molar-refractivity contribution in [2.75, 3.05) is 30.0 Å². The van der Waals surface area contributed by atoms with Crippen LogP contribution in [0.3, 0.4) is 0 Å². The van der Waals surface area contributed by atoms with E-state index >= 15 is 0 Å². The van der Waals surface area contributed by atoms with Gasteiger partial charge in [-0.3, -0.25) is 14.5 Å². The predicted octanol–water partition coefficient (Wildman–Crippen LogP) is 1.58. The second-order valence-corrected chi connectivity index (χ2v) is 10.1. The van der Waals surface area contributed by atoms with Gasteiger partial charge in [0.25, 0.3) is 5.56 Å². The molecule has 1 aromatic heterocycles. The van der Waals surface area contributed by atoms with Crippen LogP contribution in [0.1, 0.15) is 12.2 Å². The van der Waals surface area contributed by atoms with Crippen LogP contribution < -0.4 is 10.5 Å². The van der Waals surface area contributed by atoms with Crippen molar-refractivity contribution in [1.82, 2.24) is 14.9 Å². The lowest BCUT2D eigenvalue weighted by Crippen LogP contribution is -2.46. The molecule has 31 heavy (non-hydrogen) atoms. The number of aromatic nitrogens is 2. The first kappa shape index (κ1) is 21.2. The van der Waals surface area contributed by atoms with Gasteiger partial charge in [0.1, 0.15) is 5.82 Å². The fourth-order valence-corrected chi connectivity index (χ4v) is 5.65. The van der Waals surface area contributed by atoms with Crippen molar-refractivity contribution in [1.29, 1.82) is 0 Å². The Hall–Kier alpha value is -3.04. The summed E-state index contributed by atoms with van der Waals surface area (Å²) in [6.45, 7) is 0.333. The molecular formula is C22H24N4O4S. The van der Waals surface area contributed by atoms with Crippen LogP contribution in [0.4, 0.5) is 5.69 Å². The molecule has 1 aliphatic rings. The zero-order valence-corrected chi connectivity index (χ0v) is 18.0. The van der Waals surface area contributed by atoms with Crippen LogP contribution in [0.15, 0.2) is 59.4 Å². The van der Waals surface area contributed by atoms with Crippen LogP contribution in [0.25, 0.3) is 10.9 Å². The van der Waals surface area contributed by atoms with Gasteiger partial charge in [-0.25, -0.2) is 13.4 Å². The number of carbonyl (C=O) groups is 1. The number of para-hydroxylation sites is 2. The van der Waals surface area contributed by atoms with Crippen LogP contribution in [0, 0.1) is 0 Å². The molecule has 0 spiro atoms. The third-order valence-corrected chi connectivity index (χ3v) is 7.11. The largest absolute Gasteiger partial charge is 0.309 e. The molecule has 8 nitrogen and oxygen atoms in total. The fourth-order valence-electron chi connectivity index (χ4n) is 3.95. The van der Waals surface area contributed by atoms with Crippen molar-refractivity contribution in [3.8, 4) is 0 Å². The summed E-state index contributed by atoms with van der Waals surface area (Å²) < 4.78 is 24.0. The molecular weight excluding hydrogens is 416 g/mol. The molecule has 1 amide bonds. The van der Waals surface area contributed by atoms with E-state index in [2.05, 4.69) is 9.97 Å². The van der Waals surface area contributed by atoms with Gasteiger partial charge in [-0.1, -0.05) is 30.3 Å². The topological polar surface area (TPSA) is 103 Å². The van der Waals surface area contributed by atoms with E-state index in [0.717, 1.165) is 0 Å². The number of hydrogen-bond donors (Lipinski definition) is 1. The number of hydrogen-bond acceptors (Lipinski definition) is 6. The highest BCUT2D eigenvalue weighted by atomic mass is 32.2. The highest BCUT2D eigenvalue weighted by molar-refractivity contribution is 7.91. The summed E-state index contributed by atoms with van der Waals surface area (Å²) in [6, 6.07) is 15.8. The lowest BCUT2D eigenvalue weighted by molar-refractivity contribution is -0.120. The number of nitrogens with zero attached hydrogens (tertiary/aromatic N) is 3. The summed E-state index contributed by atoms with van der Waals surface area (Å²) >= 11 is 0. The molecule has 4 rings (SSSR count). The van der Waals surface area contributed by atoms with Crippen LogP contribution in [-0.4, -0.2) is 60.3 Å². The van der Waals surface area contributed by atoms with E-state index in [0.29, 0.717) is 28.8 Å². The van der Waals surface area contributed by atoms with Gasteiger partial charge in [0, 0.05) is 5.69 Å². The Morgan fingerprint density at radius 1 is 1.13 bits per heavy atom. The van der Waals surface area contributed by atoms with Crippen molar-refractivity contribution in [3.05, 3.63) is 70.8 Å². The number of rotatable bonds is 6. The van der Waals surface area contributed by atoms with Gasteiger partial charge in [0.05, 0.1) is 41.5 Å². The van der Waals surface area contributed by atoms with E-state index in [1.807, 2.05) is 36.4 Å². The number of fused-ring (bicyclic) bond motifs is 1. The molecule has 2 heterocycles. The summed E-state index contributed by atoms with van der Waals surface area (Å²) in [6.07, 6.45) is 0.423. The molecule has 0 aliphatic carbocycles. The number of sulfone groups is 1. The Labute approximate surface area is 180 Å². The maximum Gasteiger partial charge on any atom is 0.258 e. The minimum Gasteiger partial charge on any atom is -0.309 e. The number of H-pyrrole nitrogens is 1. The average molecular weight is 441 g/mol. The first-order chi connectivity index (χ1) is 14.8. The zero-order valence-electron chi connectivity index (χ0n) is 17.2. The van der Waals surface area contributed by atoms with E-state index in [4.69, 9.17) is 0 Å². The maximum atomic E-state index is 13.2. The number of amides is 1. The lowest BCUT2D eigenvalue weighted by atomic mass is 10.1. The molecule has 9 heteroatoms. The highest BCUT2D eigenvalue weighted by Crippen LogP contribution is 2.24. The smallest absolute Gasteiger partial charge is 0.258 e. The molecule has 162 valence electrons. The summed E-state index contributed by atoms with van der Waals surface area (Å²) in [5.74, 6) is 0.330.